The van der Waals surface area contributed by atoms with Gasteiger partial charge in [0.15, 0.2) is 11.4 Å². The van der Waals surface area contributed by atoms with Gasteiger partial charge in [-0.3, -0.25) is 0 Å². The summed E-state index contributed by atoms with van der Waals surface area (Å²) in [6, 6.07) is 14.8. The summed E-state index contributed by atoms with van der Waals surface area (Å²) in [5.41, 5.74) is 2.72. The minimum absolute atomic E-state index is 0. The van der Waals surface area contributed by atoms with Gasteiger partial charge in [0, 0.05) is 11.8 Å². The molecule has 0 aliphatic heterocycles. The summed E-state index contributed by atoms with van der Waals surface area (Å²) >= 11 is 0. The van der Waals surface area contributed by atoms with Gasteiger partial charge in [-0.2, -0.15) is 0 Å². The third kappa shape index (κ3) is 2.63. The Kier molecular flexibility index (Phi) is 4.27. The molecule has 4 aromatic rings. The highest BCUT2D eigenvalue weighted by atomic mass is 35.5. The maximum Gasteiger partial charge on any atom is 0.196 e. The molecule has 24 heavy (non-hydrogen) atoms. The quantitative estimate of drug-likeness (QED) is 0.523. The molecule has 0 aliphatic carbocycles. The molecule has 0 saturated carbocycles. The molecule has 0 aliphatic rings. The van der Waals surface area contributed by atoms with Gasteiger partial charge in [0.05, 0.1) is 5.69 Å². The van der Waals surface area contributed by atoms with Crippen molar-refractivity contribution in [1.29, 1.82) is 0 Å². The van der Waals surface area contributed by atoms with Gasteiger partial charge in [-0.15, -0.1) is 12.4 Å². The summed E-state index contributed by atoms with van der Waals surface area (Å²) in [6.45, 7) is 2.01. The maximum atomic E-state index is 9.97. The number of furan rings is 1. The van der Waals surface area contributed by atoms with E-state index in [2.05, 4.69) is 15.3 Å². The van der Waals surface area contributed by atoms with E-state index in [9.17, 15) is 5.11 Å². The molecule has 122 valence electrons. The van der Waals surface area contributed by atoms with E-state index in [-0.39, 0.29) is 18.2 Å². The van der Waals surface area contributed by atoms with E-state index in [1.54, 1.807) is 18.2 Å². The summed E-state index contributed by atoms with van der Waals surface area (Å²) in [5, 5.41) is 14.1. The average molecular weight is 342 g/mol. The highest BCUT2D eigenvalue weighted by Gasteiger charge is 2.16. The van der Waals surface area contributed by atoms with Crippen molar-refractivity contribution < 1.29 is 9.52 Å². The lowest BCUT2D eigenvalue weighted by Crippen LogP contribution is -2.00. The number of benzene rings is 2. The van der Waals surface area contributed by atoms with Crippen LogP contribution in [0.5, 0.6) is 5.75 Å². The van der Waals surface area contributed by atoms with Crippen molar-refractivity contribution in [1.82, 2.24) is 9.97 Å². The van der Waals surface area contributed by atoms with Gasteiger partial charge < -0.3 is 14.8 Å². The largest absolute Gasteiger partial charge is 0.506 e. The summed E-state index contributed by atoms with van der Waals surface area (Å²) in [4.78, 5) is 9.12. The molecule has 2 aromatic heterocycles. The van der Waals surface area contributed by atoms with Crippen LogP contribution in [0.3, 0.4) is 0 Å². The minimum atomic E-state index is 0. The number of hydrogen-bond donors (Lipinski definition) is 2. The zero-order chi connectivity index (χ0) is 15.8. The molecule has 2 N–H and O–H groups in total. The number of phenols is 1. The van der Waals surface area contributed by atoms with Crippen LogP contribution in [0.15, 0.2) is 52.9 Å². The van der Waals surface area contributed by atoms with E-state index in [0.29, 0.717) is 23.5 Å². The summed E-state index contributed by atoms with van der Waals surface area (Å²) in [6.07, 6.45) is 0.713. The SMILES string of the molecule is CCc1nc(Nc2ccccc2O)c2oc3ccccc3c2n1.Cl. The van der Waals surface area contributed by atoms with Crippen LogP contribution in [0.4, 0.5) is 11.5 Å². The van der Waals surface area contributed by atoms with Gasteiger partial charge in [-0.05, 0) is 24.3 Å². The second kappa shape index (κ2) is 6.37. The first-order chi connectivity index (χ1) is 11.3. The first-order valence-electron chi connectivity index (χ1n) is 7.49. The maximum absolute atomic E-state index is 9.97. The number of rotatable bonds is 3. The van der Waals surface area contributed by atoms with Gasteiger partial charge in [-0.1, -0.05) is 31.2 Å². The fourth-order valence-electron chi connectivity index (χ4n) is 2.59. The molecular formula is C18H16ClN3O2. The molecule has 0 atom stereocenters. The lowest BCUT2D eigenvalue weighted by Gasteiger charge is -2.08. The Morgan fingerprint density at radius 1 is 1.04 bits per heavy atom. The van der Waals surface area contributed by atoms with E-state index in [1.807, 2.05) is 37.3 Å². The highest BCUT2D eigenvalue weighted by molar-refractivity contribution is 6.06. The van der Waals surface area contributed by atoms with Crippen molar-refractivity contribution in [3.05, 3.63) is 54.4 Å². The van der Waals surface area contributed by atoms with Crippen LogP contribution in [-0.2, 0) is 6.42 Å². The van der Waals surface area contributed by atoms with Crippen molar-refractivity contribution in [2.75, 3.05) is 5.32 Å². The van der Waals surface area contributed by atoms with Crippen LogP contribution in [0.25, 0.3) is 22.1 Å². The molecule has 0 bridgehead atoms. The summed E-state index contributed by atoms with van der Waals surface area (Å²) in [5.74, 6) is 1.44. The van der Waals surface area contributed by atoms with Crippen LogP contribution in [0.1, 0.15) is 12.7 Å². The van der Waals surface area contributed by atoms with Gasteiger partial charge in [0.2, 0.25) is 0 Å². The predicted molar refractivity (Wildman–Crippen MR) is 97.3 cm³/mol. The van der Waals surface area contributed by atoms with Crippen molar-refractivity contribution in [3.63, 3.8) is 0 Å². The smallest absolute Gasteiger partial charge is 0.196 e. The van der Waals surface area contributed by atoms with Gasteiger partial charge >= 0.3 is 0 Å². The third-order valence-electron chi connectivity index (χ3n) is 3.74. The van der Waals surface area contributed by atoms with Crippen molar-refractivity contribution in [2.24, 2.45) is 0 Å². The molecule has 2 heterocycles. The molecule has 0 saturated heterocycles. The minimum Gasteiger partial charge on any atom is -0.506 e. The molecule has 5 nitrogen and oxygen atoms in total. The Hall–Kier alpha value is -2.79. The number of anilines is 2. The topological polar surface area (TPSA) is 71.2 Å². The third-order valence-corrected chi connectivity index (χ3v) is 3.74. The van der Waals surface area contributed by atoms with E-state index < -0.39 is 0 Å². The van der Waals surface area contributed by atoms with Gasteiger partial charge in [-0.25, -0.2) is 9.97 Å². The predicted octanol–water partition coefficient (Wildman–Crippen LogP) is 4.81. The van der Waals surface area contributed by atoms with Gasteiger partial charge in [0.25, 0.3) is 0 Å². The molecule has 0 spiro atoms. The number of nitrogens with zero attached hydrogens (tertiary/aromatic N) is 2. The zero-order valence-corrected chi connectivity index (χ0v) is 13.8. The van der Waals surface area contributed by atoms with Crippen LogP contribution >= 0.6 is 12.4 Å². The van der Waals surface area contributed by atoms with Gasteiger partial charge in [0.1, 0.15) is 22.7 Å². The van der Waals surface area contributed by atoms with Crippen molar-refractivity contribution in [3.8, 4) is 5.75 Å². The van der Waals surface area contributed by atoms with Crippen molar-refractivity contribution >= 4 is 46.0 Å². The second-order valence-electron chi connectivity index (χ2n) is 5.26. The fourth-order valence-corrected chi connectivity index (χ4v) is 2.59. The number of nitrogens with one attached hydrogen (secondary N) is 1. The molecule has 4 rings (SSSR count). The normalized spacial score (nSPS) is 10.7. The Morgan fingerprint density at radius 3 is 2.58 bits per heavy atom. The number of aromatic nitrogens is 2. The number of aryl methyl sites for hydroxylation is 1. The standard InChI is InChI=1S/C18H15N3O2.ClH/c1-2-15-20-16-11-7-3-6-10-14(11)23-17(16)18(21-15)19-12-8-4-5-9-13(12)22;/h3-10,22H,2H2,1H3,(H,19,20,21);1H. The van der Waals surface area contributed by atoms with Crippen LogP contribution < -0.4 is 5.32 Å². The number of halogens is 1. The number of para-hydroxylation sites is 3. The molecule has 0 radical (unpaired) electrons. The number of aromatic hydroxyl groups is 1. The molecule has 2 aromatic carbocycles. The summed E-state index contributed by atoms with van der Waals surface area (Å²) < 4.78 is 5.93. The Labute approximate surface area is 144 Å². The van der Waals surface area contributed by atoms with E-state index >= 15 is 0 Å². The molecule has 0 amide bonds. The average Bonchev–Trinajstić information content (AvgIpc) is 2.96. The van der Waals surface area contributed by atoms with Crippen LogP contribution in [-0.4, -0.2) is 15.1 Å². The first-order valence-corrected chi connectivity index (χ1v) is 7.49. The zero-order valence-electron chi connectivity index (χ0n) is 13.0. The second-order valence-corrected chi connectivity index (χ2v) is 5.26. The Bertz CT molecular complexity index is 1010. The number of fused-ring (bicyclic) bond motifs is 3. The summed E-state index contributed by atoms with van der Waals surface area (Å²) in [7, 11) is 0. The number of phenolic OH excluding ortho intramolecular Hbond substituents is 1. The highest BCUT2D eigenvalue weighted by Crippen LogP contribution is 2.34. The van der Waals surface area contributed by atoms with E-state index in [0.717, 1.165) is 22.3 Å². The first kappa shape index (κ1) is 16.1. The van der Waals surface area contributed by atoms with E-state index in [4.69, 9.17) is 4.42 Å². The molecule has 0 unspecified atom stereocenters. The van der Waals surface area contributed by atoms with Crippen molar-refractivity contribution in [2.45, 2.75) is 13.3 Å². The van der Waals surface area contributed by atoms with Crippen LogP contribution in [0, 0.1) is 0 Å². The molecule has 6 heteroatoms. The monoisotopic (exact) mass is 341 g/mol. The lowest BCUT2D eigenvalue weighted by molar-refractivity contribution is 0.477. The molecule has 0 fully saturated rings. The number of hydrogen-bond acceptors (Lipinski definition) is 5. The lowest BCUT2D eigenvalue weighted by atomic mass is 10.2. The Balaban J connectivity index is 0.00000169. The molecular weight excluding hydrogens is 326 g/mol. The fraction of sp³-hybridized carbons (Fsp3) is 0.111. The van der Waals surface area contributed by atoms with Crippen LogP contribution in [0.2, 0.25) is 0 Å². The van der Waals surface area contributed by atoms with E-state index in [1.165, 1.54) is 0 Å². The Morgan fingerprint density at radius 2 is 1.79 bits per heavy atom.